The minimum Gasteiger partial charge on any atom is -0.323 e. The first kappa shape index (κ1) is 40.0. The van der Waals surface area contributed by atoms with E-state index in [1.165, 1.54) is 180 Å². The topological polar surface area (TPSA) is 40.6 Å². The van der Waals surface area contributed by atoms with Crippen molar-refractivity contribution in [3.8, 4) is 0 Å². The van der Waals surface area contributed by atoms with Crippen molar-refractivity contribution >= 4 is 11.8 Å². The quantitative estimate of drug-likeness (QED) is 0.0717. The summed E-state index contributed by atoms with van der Waals surface area (Å²) in [5.41, 5.74) is 0. The summed E-state index contributed by atoms with van der Waals surface area (Å²) in [4.78, 5) is 29.1. The number of unbranched alkanes of at least 4 members (excludes halogenated alkanes) is 28. The van der Waals surface area contributed by atoms with Gasteiger partial charge in [0.2, 0.25) is 11.8 Å². The third-order valence-electron chi connectivity index (χ3n) is 9.68. The number of carbonyl (C=O) groups is 2. The lowest BCUT2D eigenvalue weighted by Gasteiger charge is -2.18. The van der Waals surface area contributed by atoms with Crippen LogP contribution in [0.25, 0.3) is 0 Å². The zero-order valence-corrected chi connectivity index (χ0v) is 29.5. The molecular weight excluding hydrogens is 528 g/mol. The molecule has 0 N–H and O–H groups in total. The molecule has 1 fully saturated rings. The van der Waals surface area contributed by atoms with E-state index in [9.17, 15) is 9.59 Å². The first-order valence-corrected chi connectivity index (χ1v) is 19.7. The van der Waals surface area contributed by atoms with Crippen LogP contribution >= 0.6 is 0 Å². The van der Waals surface area contributed by atoms with Gasteiger partial charge in [0.1, 0.15) is 0 Å². The summed E-state index contributed by atoms with van der Waals surface area (Å²) in [6.07, 6.45) is 41.7. The van der Waals surface area contributed by atoms with Crippen molar-refractivity contribution in [2.45, 2.75) is 219 Å². The van der Waals surface area contributed by atoms with Gasteiger partial charge >= 0.3 is 0 Å². The second kappa shape index (κ2) is 30.9. The highest BCUT2D eigenvalue weighted by atomic mass is 16.2. The molecule has 43 heavy (non-hydrogen) atoms. The Bertz CT molecular complexity index is 570. The second-order valence-corrected chi connectivity index (χ2v) is 13.9. The van der Waals surface area contributed by atoms with E-state index in [-0.39, 0.29) is 11.8 Å². The molecule has 4 heteroatoms. The van der Waals surface area contributed by atoms with Crippen LogP contribution in [0.2, 0.25) is 0 Å². The van der Waals surface area contributed by atoms with E-state index in [4.69, 9.17) is 0 Å². The van der Waals surface area contributed by atoms with Gasteiger partial charge in [-0.2, -0.15) is 0 Å². The van der Waals surface area contributed by atoms with Crippen molar-refractivity contribution in [2.75, 3.05) is 19.8 Å². The van der Waals surface area contributed by atoms with Crippen LogP contribution in [0.15, 0.2) is 0 Å². The molecule has 0 saturated carbocycles. The van der Waals surface area contributed by atoms with Gasteiger partial charge in [-0.1, -0.05) is 194 Å². The second-order valence-electron chi connectivity index (χ2n) is 13.9. The van der Waals surface area contributed by atoms with Gasteiger partial charge in [-0.25, -0.2) is 0 Å². The molecule has 0 unspecified atom stereocenters. The van der Waals surface area contributed by atoms with E-state index >= 15 is 0 Å². The molecule has 0 atom stereocenters. The first-order valence-electron chi connectivity index (χ1n) is 19.7. The van der Waals surface area contributed by atoms with Crippen LogP contribution in [0.1, 0.15) is 219 Å². The fourth-order valence-corrected chi connectivity index (χ4v) is 6.61. The predicted molar refractivity (Wildman–Crippen MR) is 187 cm³/mol. The normalized spacial score (nSPS) is 13.3. The minimum absolute atomic E-state index is 0.247. The molecule has 1 saturated heterocycles. The van der Waals surface area contributed by atoms with Gasteiger partial charge in [0.05, 0.1) is 6.67 Å². The molecule has 0 spiro atoms. The first-order chi connectivity index (χ1) is 21.2. The number of hydrogen-bond acceptors (Lipinski definition) is 2. The number of amides is 2. The van der Waals surface area contributed by atoms with E-state index in [1.807, 2.05) is 9.80 Å². The molecule has 0 radical (unpaired) electrons. The van der Waals surface area contributed by atoms with Crippen LogP contribution in [0.5, 0.6) is 0 Å². The maximum absolute atomic E-state index is 12.6. The number of hydrogen-bond donors (Lipinski definition) is 0. The predicted octanol–water partition coefficient (Wildman–Crippen LogP) is 12.1. The standard InChI is InChI=1S/C39H76N2O2/c1-3-5-7-9-11-13-15-17-19-21-23-25-27-29-31-33-38(42)40-35-36-41(37-40)39(43)34-32-30-28-26-24-22-20-18-16-14-12-10-8-6-4-2/h3-37H2,1-2H3. The Kier molecular flexibility index (Phi) is 28.8. The van der Waals surface area contributed by atoms with Crippen molar-refractivity contribution in [2.24, 2.45) is 0 Å². The molecule has 0 aliphatic carbocycles. The smallest absolute Gasteiger partial charge is 0.224 e. The van der Waals surface area contributed by atoms with Crippen molar-refractivity contribution in [3.05, 3.63) is 0 Å². The van der Waals surface area contributed by atoms with Crippen molar-refractivity contribution < 1.29 is 9.59 Å². The van der Waals surface area contributed by atoms with Gasteiger partial charge in [0.15, 0.2) is 0 Å². The van der Waals surface area contributed by atoms with Crippen molar-refractivity contribution in [3.63, 3.8) is 0 Å². The van der Waals surface area contributed by atoms with Gasteiger partial charge in [-0.05, 0) is 12.8 Å². The van der Waals surface area contributed by atoms with Gasteiger partial charge in [-0.3, -0.25) is 9.59 Å². The average molecular weight is 605 g/mol. The SMILES string of the molecule is CCCCCCCCCCCCCCCCCC(=O)N1CCN(C(=O)CCCCCCCCCCCCCCCCC)C1. The van der Waals surface area contributed by atoms with Gasteiger partial charge in [-0.15, -0.1) is 0 Å². The molecule has 0 aromatic rings. The maximum atomic E-state index is 12.6. The summed E-state index contributed by atoms with van der Waals surface area (Å²) >= 11 is 0. The maximum Gasteiger partial charge on any atom is 0.224 e. The Hall–Kier alpha value is -1.06. The van der Waals surface area contributed by atoms with E-state index in [1.54, 1.807) is 0 Å². The zero-order chi connectivity index (χ0) is 31.1. The third kappa shape index (κ3) is 24.9. The van der Waals surface area contributed by atoms with Crippen LogP contribution < -0.4 is 0 Å². The molecular formula is C39H76N2O2. The molecule has 0 aromatic heterocycles. The molecule has 254 valence electrons. The van der Waals surface area contributed by atoms with Gasteiger partial charge < -0.3 is 9.80 Å². The zero-order valence-electron chi connectivity index (χ0n) is 29.5. The van der Waals surface area contributed by atoms with E-state index in [0.29, 0.717) is 19.5 Å². The van der Waals surface area contributed by atoms with Gasteiger partial charge in [0.25, 0.3) is 0 Å². The number of nitrogens with zero attached hydrogens (tertiary/aromatic N) is 2. The molecule has 1 aliphatic rings. The summed E-state index contributed by atoms with van der Waals surface area (Å²) in [6.45, 7) is 6.54. The Morgan fingerprint density at radius 1 is 0.349 bits per heavy atom. The van der Waals surface area contributed by atoms with Gasteiger partial charge in [0, 0.05) is 25.9 Å². The Morgan fingerprint density at radius 2 is 0.558 bits per heavy atom. The van der Waals surface area contributed by atoms with Crippen LogP contribution in [0, 0.1) is 0 Å². The molecule has 0 bridgehead atoms. The number of rotatable bonds is 32. The fraction of sp³-hybridized carbons (Fsp3) is 0.949. The third-order valence-corrected chi connectivity index (χ3v) is 9.68. The van der Waals surface area contributed by atoms with Crippen molar-refractivity contribution in [1.29, 1.82) is 0 Å². The minimum atomic E-state index is 0.247. The van der Waals surface area contributed by atoms with Crippen LogP contribution in [-0.4, -0.2) is 41.4 Å². The Balaban J connectivity index is 1.86. The van der Waals surface area contributed by atoms with E-state index in [2.05, 4.69) is 13.8 Å². The molecule has 1 heterocycles. The highest BCUT2D eigenvalue weighted by molar-refractivity contribution is 5.80. The summed E-state index contributed by atoms with van der Waals surface area (Å²) < 4.78 is 0. The monoisotopic (exact) mass is 605 g/mol. The molecule has 2 amide bonds. The lowest BCUT2D eigenvalue weighted by molar-refractivity contribution is -0.134. The highest BCUT2D eigenvalue weighted by Gasteiger charge is 2.26. The fourth-order valence-electron chi connectivity index (χ4n) is 6.61. The van der Waals surface area contributed by atoms with Crippen LogP contribution in [-0.2, 0) is 9.59 Å². The Labute approximate surface area is 269 Å². The summed E-state index contributed by atoms with van der Waals surface area (Å²) in [7, 11) is 0. The lowest BCUT2D eigenvalue weighted by atomic mass is 10.0. The summed E-state index contributed by atoms with van der Waals surface area (Å²) in [5.74, 6) is 0.494. The number of carbonyl (C=O) groups excluding carboxylic acids is 2. The Morgan fingerprint density at radius 3 is 0.791 bits per heavy atom. The van der Waals surface area contributed by atoms with Crippen LogP contribution in [0.4, 0.5) is 0 Å². The largest absolute Gasteiger partial charge is 0.323 e. The lowest BCUT2D eigenvalue weighted by Crippen LogP contribution is -2.33. The molecule has 1 rings (SSSR count). The average Bonchev–Trinajstić information content (AvgIpc) is 3.52. The molecule has 0 aromatic carbocycles. The van der Waals surface area contributed by atoms with E-state index < -0.39 is 0 Å². The van der Waals surface area contributed by atoms with Crippen molar-refractivity contribution in [1.82, 2.24) is 9.80 Å². The molecule has 4 nitrogen and oxygen atoms in total. The summed E-state index contributed by atoms with van der Waals surface area (Å²) in [5, 5.41) is 0. The molecule has 1 aliphatic heterocycles. The van der Waals surface area contributed by atoms with Crippen LogP contribution in [0.3, 0.4) is 0 Å². The van der Waals surface area contributed by atoms with E-state index in [0.717, 1.165) is 25.9 Å². The highest BCUT2D eigenvalue weighted by Crippen LogP contribution is 2.17. The summed E-state index contributed by atoms with van der Waals surface area (Å²) in [6, 6.07) is 0.